The zero-order valence-corrected chi connectivity index (χ0v) is 19.7. The number of rotatable bonds is 6. The first-order valence-corrected chi connectivity index (χ1v) is 13.0. The molecule has 1 N–H and O–H groups in total. The maximum Gasteiger partial charge on any atom is 0.408 e. The largest absolute Gasteiger partial charge is 0.408 e. The average Bonchev–Trinajstić information content (AvgIpc) is 3.24. The molecule has 0 radical (unpaired) electrons. The van der Waals surface area contributed by atoms with E-state index in [4.69, 9.17) is 4.98 Å². The maximum atomic E-state index is 14.2. The predicted octanol–water partition coefficient (Wildman–Crippen LogP) is 5.82. The third-order valence-electron chi connectivity index (χ3n) is 6.60. The molecule has 0 spiro atoms. The van der Waals surface area contributed by atoms with Crippen LogP contribution in [0, 0.1) is 5.41 Å². The molecule has 0 aliphatic heterocycles. The van der Waals surface area contributed by atoms with Gasteiger partial charge in [-0.3, -0.25) is 0 Å². The van der Waals surface area contributed by atoms with Gasteiger partial charge in [-0.2, -0.15) is 17.9 Å². The van der Waals surface area contributed by atoms with Crippen molar-refractivity contribution in [3.05, 3.63) is 29.6 Å². The molecule has 2 aliphatic carbocycles. The molecule has 5 nitrogen and oxygen atoms in total. The molecule has 2 heterocycles. The molecule has 1 atom stereocenters. The van der Waals surface area contributed by atoms with Crippen LogP contribution in [0.5, 0.6) is 0 Å². The van der Waals surface area contributed by atoms with E-state index in [2.05, 4.69) is 0 Å². The fourth-order valence-corrected chi connectivity index (χ4v) is 6.50. The van der Waals surface area contributed by atoms with Gasteiger partial charge in [-0.15, -0.1) is 0 Å². The number of nitrogens with one attached hydrogen (secondary N) is 1. The van der Waals surface area contributed by atoms with Crippen molar-refractivity contribution in [2.24, 2.45) is 5.41 Å². The molecule has 2 aromatic rings. The van der Waals surface area contributed by atoms with Crippen LogP contribution < -0.4 is 4.72 Å². The van der Waals surface area contributed by atoms with Crippen LogP contribution in [-0.4, -0.2) is 29.4 Å². The fourth-order valence-electron chi connectivity index (χ4n) is 4.76. The van der Waals surface area contributed by atoms with Crippen molar-refractivity contribution in [1.82, 2.24) is 14.3 Å². The lowest BCUT2D eigenvalue weighted by Crippen LogP contribution is -2.44. The van der Waals surface area contributed by atoms with Crippen LogP contribution in [0.2, 0.25) is 0 Å². The number of halogens is 3. The first-order chi connectivity index (χ1) is 14.9. The highest BCUT2D eigenvalue weighted by molar-refractivity contribution is 7.90. The minimum absolute atomic E-state index is 0.0786. The highest BCUT2D eigenvalue weighted by Gasteiger charge is 2.46. The summed E-state index contributed by atoms with van der Waals surface area (Å²) in [6.07, 6.45) is 2.56. The Kier molecular flexibility index (Phi) is 6.11. The summed E-state index contributed by atoms with van der Waals surface area (Å²) in [6, 6.07) is 1.22. The summed E-state index contributed by atoms with van der Waals surface area (Å²) in [4.78, 5) is 4.80. The Labute approximate surface area is 187 Å². The van der Waals surface area contributed by atoms with E-state index >= 15 is 0 Å². The first-order valence-electron chi connectivity index (χ1n) is 11.4. The van der Waals surface area contributed by atoms with Crippen molar-refractivity contribution in [2.45, 2.75) is 95.6 Å². The molecule has 0 aromatic carbocycles. The van der Waals surface area contributed by atoms with Gasteiger partial charge >= 0.3 is 6.18 Å². The molecule has 178 valence electrons. The van der Waals surface area contributed by atoms with Gasteiger partial charge in [0.2, 0.25) is 10.0 Å². The summed E-state index contributed by atoms with van der Waals surface area (Å²) >= 11 is 0. The van der Waals surface area contributed by atoms with Crippen LogP contribution in [0.15, 0.2) is 18.3 Å². The molecule has 2 aromatic heterocycles. The molecule has 0 saturated heterocycles. The lowest BCUT2D eigenvalue weighted by Gasteiger charge is -2.29. The lowest BCUT2D eigenvalue weighted by atomic mass is 9.97. The van der Waals surface area contributed by atoms with Gasteiger partial charge in [0, 0.05) is 35.3 Å². The summed E-state index contributed by atoms with van der Waals surface area (Å²) in [5.74, 6) is 0.330. The fraction of sp³-hybridized carbons (Fsp3) is 0.696. The Morgan fingerprint density at radius 1 is 1.09 bits per heavy atom. The molecule has 32 heavy (non-hydrogen) atoms. The summed E-state index contributed by atoms with van der Waals surface area (Å²) in [6.45, 7) is 6.52. The van der Waals surface area contributed by atoms with E-state index in [-0.39, 0.29) is 11.0 Å². The topological polar surface area (TPSA) is 64.0 Å². The Bertz CT molecular complexity index is 1080. The van der Waals surface area contributed by atoms with Crippen LogP contribution in [0.1, 0.15) is 88.9 Å². The molecule has 2 saturated carbocycles. The number of fused-ring (bicyclic) bond motifs is 1. The van der Waals surface area contributed by atoms with Crippen LogP contribution in [0.25, 0.3) is 11.0 Å². The van der Waals surface area contributed by atoms with Gasteiger partial charge in [-0.05, 0) is 43.2 Å². The van der Waals surface area contributed by atoms with Crippen molar-refractivity contribution >= 4 is 21.1 Å². The molecule has 9 heteroatoms. The van der Waals surface area contributed by atoms with Crippen molar-refractivity contribution in [3.63, 3.8) is 0 Å². The van der Waals surface area contributed by atoms with Gasteiger partial charge in [0.15, 0.2) is 0 Å². The van der Waals surface area contributed by atoms with Gasteiger partial charge in [0.25, 0.3) is 0 Å². The molecule has 0 amide bonds. The van der Waals surface area contributed by atoms with E-state index in [0.29, 0.717) is 36.3 Å². The second-order valence-corrected chi connectivity index (χ2v) is 12.5. The zero-order valence-electron chi connectivity index (χ0n) is 18.9. The van der Waals surface area contributed by atoms with E-state index in [1.807, 2.05) is 31.6 Å². The minimum atomic E-state index is -4.76. The van der Waals surface area contributed by atoms with Crippen LogP contribution in [0.3, 0.4) is 0 Å². The van der Waals surface area contributed by atoms with Crippen LogP contribution >= 0.6 is 0 Å². The third-order valence-corrected chi connectivity index (χ3v) is 8.52. The second kappa shape index (κ2) is 8.31. The summed E-state index contributed by atoms with van der Waals surface area (Å²) in [5.41, 5.74) is 1.14. The second-order valence-electron chi connectivity index (χ2n) is 10.6. The highest BCUT2D eigenvalue weighted by Crippen LogP contribution is 2.41. The minimum Gasteiger partial charge on any atom is -0.332 e. The molecule has 2 aliphatic rings. The number of aromatic nitrogens is 2. The van der Waals surface area contributed by atoms with E-state index in [1.165, 1.54) is 6.20 Å². The van der Waals surface area contributed by atoms with Crippen molar-refractivity contribution in [3.8, 4) is 0 Å². The Morgan fingerprint density at radius 2 is 1.75 bits per heavy atom. The lowest BCUT2D eigenvalue weighted by molar-refractivity contribution is -0.152. The molecular weight excluding hydrogens is 439 g/mol. The summed E-state index contributed by atoms with van der Waals surface area (Å²) in [7, 11) is -4.07. The quantitative estimate of drug-likeness (QED) is 0.578. The molecule has 4 rings (SSSR count). The SMILES string of the molecule is CC(C)(C)Cn1cc([C@H](NS(=O)(=O)C2CCC2)C(F)(F)F)c2ccc(C3CCCC3)nc21. The number of nitrogens with zero attached hydrogens (tertiary/aromatic N) is 2. The summed E-state index contributed by atoms with van der Waals surface area (Å²) < 4.78 is 71.5. The van der Waals surface area contributed by atoms with Crippen molar-refractivity contribution in [1.29, 1.82) is 0 Å². The molecule has 0 bridgehead atoms. The molecule has 2 fully saturated rings. The monoisotopic (exact) mass is 471 g/mol. The normalized spacial score (nSPS) is 20.1. The standard InChI is InChI=1S/C23H32F3N3O2S/c1-22(2,3)14-29-13-18(17-11-12-19(27-21(17)29)15-7-4-5-8-15)20(23(24,25)26)28-32(30,31)16-9-6-10-16/h11-13,15-16,20,28H,4-10,14H2,1-3H3/t20-/m0/s1. The number of alkyl halides is 3. The van der Waals surface area contributed by atoms with Crippen LogP contribution in [-0.2, 0) is 16.6 Å². The van der Waals surface area contributed by atoms with E-state index < -0.39 is 27.5 Å². The third kappa shape index (κ3) is 4.83. The van der Waals surface area contributed by atoms with Gasteiger partial charge in [0.05, 0.1) is 5.25 Å². The molecule has 0 unspecified atom stereocenters. The van der Waals surface area contributed by atoms with E-state index in [0.717, 1.165) is 37.8 Å². The van der Waals surface area contributed by atoms with Crippen molar-refractivity contribution in [2.75, 3.05) is 0 Å². The van der Waals surface area contributed by atoms with E-state index in [9.17, 15) is 21.6 Å². The Balaban J connectivity index is 1.81. The smallest absolute Gasteiger partial charge is 0.332 e. The number of hydrogen-bond acceptors (Lipinski definition) is 3. The average molecular weight is 472 g/mol. The van der Waals surface area contributed by atoms with Crippen molar-refractivity contribution < 1.29 is 21.6 Å². The van der Waals surface area contributed by atoms with E-state index in [1.54, 1.807) is 10.6 Å². The first kappa shape index (κ1) is 23.5. The maximum absolute atomic E-state index is 14.2. The number of sulfonamides is 1. The molecular formula is C23H32F3N3O2S. The number of pyridine rings is 1. The predicted molar refractivity (Wildman–Crippen MR) is 119 cm³/mol. The van der Waals surface area contributed by atoms with Gasteiger partial charge < -0.3 is 4.57 Å². The highest BCUT2D eigenvalue weighted by atomic mass is 32.2. The number of hydrogen-bond donors (Lipinski definition) is 1. The summed E-state index contributed by atoms with van der Waals surface area (Å²) in [5, 5.41) is -0.392. The van der Waals surface area contributed by atoms with Gasteiger partial charge in [-0.25, -0.2) is 13.4 Å². The van der Waals surface area contributed by atoms with Gasteiger partial charge in [0.1, 0.15) is 11.7 Å². The Hall–Kier alpha value is -1.61. The van der Waals surface area contributed by atoms with Crippen LogP contribution in [0.4, 0.5) is 13.2 Å². The van der Waals surface area contributed by atoms with Gasteiger partial charge in [-0.1, -0.05) is 40.0 Å². The zero-order chi connectivity index (χ0) is 23.3. The Morgan fingerprint density at radius 3 is 2.28 bits per heavy atom.